The molecule has 0 amide bonds. The molecule has 1 heterocycles. The smallest absolute Gasteiger partial charge is 0.305 e. The third-order valence-electron chi connectivity index (χ3n) is 2.88. The topological polar surface area (TPSA) is 44.1 Å². The Morgan fingerprint density at radius 2 is 2.06 bits per heavy atom. The maximum Gasteiger partial charge on any atom is 0.305 e. The van der Waals surface area contributed by atoms with Gasteiger partial charge in [0, 0.05) is 18.7 Å². The van der Waals surface area contributed by atoms with E-state index in [-0.39, 0.29) is 5.97 Å². The summed E-state index contributed by atoms with van der Waals surface area (Å²) in [7, 11) is 1.42. The van der Waals surface area contributed by atoms with E-state index < -0.39 is 0 Å². The molecule has 0 aliphatic carbocycles. The van der Waals surface area contributed by atoms with Crippen LogP contribution < -0.4 is 0 Å². The van der Waals surface area contributed by atoms with Gasteiger partial charge >= 0.3 is 5.97 Å². The molecule has 4 heteroatoms. The van der Waals surface area contributed by atoms with Gasteiger partial charge in [0.25, 0.3) is 0 Å². The number of methoxy groups -OCH3 is 1. The van der Waals surface area contributed by atoms with Crippen LogP contribution in [0.25, 0.3) is 0 Å². The molecule has 0 fully saturated rings. The highest BCUT2D eigenvalue weighted by atomic mass is 16.5. The molecule has 0 aliphatic heterocycles. The fraction of sp³-hybridized carbons (Fsp3) is 0.692. The average molecular weight is 238 g/mol. The standard InChI is InChI=1S/C13H22N2O2/c1-9(2)8-15-11(4)12(10(3)14-15)6-7-13(16)17-5/h9H,6-8H2,1-5H3. The van der Waals surface area contributed by atoms with E-state index in [9.17, 15) is 4.79 Å². The van der Waals surface area contributed by atoms with Crippen LogP contribution in [0.5, 0.6) is 0 Å². The summed E-state index contributed by atoms with van der Waals surface area (Å²) < 4.78 is 6.69. The van der Waals surface area contributed by atoms with Crippen molar-refractivity contribution < 1.29 is 9.53 Å². The average Bonchev–Trinajstić information content (AvgIpc) is 2.51. The van der Waals surface area contributed by atoms with Crippen LogP contribution in [0.3, 0.4) is 0 Å². The largest absolute Gasteiger partial charge is 0.469 e. The molecule has 0 atom stereocenters. The first kappa shape index (κ1) is 13.7. The van der Waals surface area contributed by atoms with Crippen molar-refractivity contribution in [3.63, 3.8) is 0 Å². The molecule has 0 aliphatic rings. The zero-order valence-electron chi connectivity index (χ0n) is 11.4. The highest BCUT2D eigenvalue weighted by Crippen LogP contribution is 2.16. The van der Waals surface area contributed by atoms with E-state index in [1.807, 2.05) is 11.6 Å². The van der Waals surface area contributed by atoms with Crippen molar-refractivity contribution in [2.24, 2.45) is 5.92 Å². The Balaban J connectivity index is 2.78. The molecule has 96 valence electrons. The Labute approximate surface area is 103 Å². The van der Waals surface area contributed by atoms with Crippen molar-refractivity contribution in [3.05, 3.63) is 17.0 Å². The Bertz CT molecular complexity index is 394. The lowest BCUT2D eigenvalue weighted by Crippen LogP contribution is -2.08. The van der Waals surface area contributed by atoms with Crippen molar-refractivity contribution in [1.82, 2.24) is 9.78 Å². The lowest BCUT2D eigenvalue weighted by molar-refractivity contribution is -0.140. The van der Waals surface area contributed by atoms with Crippen LogP contribution in [0.1, 0.15) is 37.2 Å². The SMILES string of the molecule is COC(=O)CCc1c(C)nn(CC(C)C)c1C. The summed E-state index contributed by atoms with van der Waals surface area (Å²) in [6.45, 7) is 9.32. The van der Waals surface area contributed by atoms with Crippen molar-refractivity contribution >= 4 is 5.97 Å². The highest BCUT2D eigenvalue weighted by Gasteiger charge is 2.13. The number of hydrogen-bond donors (Lipinski definition) is 0. The van der Waals surface area contributed by atoms with Gasteiger partial charge in [0.15, 0.2) is 0 Å². The Hall–Kier alpha value is -1.32. The number of ether oxygens (including phenoxy) is 1. The summed E-state index contributed by atoms with van der Waals surface area (Å²) in [5.74, 6) is 0.405. The third kappa shape index (κ3) is 3.58. The number of aryl methyl sites for hydroxylation is 1. The van der Waals surface area contributed by atoms with E-state index in [2.05, 4.69) is 30.6 Å². The second kappa shape index (κ2) is 5.84. The van der Waals surface area contributed by atoms with Gasteiger partial charge in [0.1, 0.15) is 0 Å². The summed E-state index contributed by atoms with van der Waals surface area (Å²) in [6, 6.07) is 0. The van der Waals surface area contributed by atoms with Gasteiger partial charge in [-0.1, -0.05) is 13.8 Å². The van der Waals surface area contributed by atoms with E-state index in [0.29, 0.717) is 18.8 Å². The summed E-state index contributed by atoms with van der Waals surface area (Å²) >= 11 is 0. The van der Waals surface area contributed by atoms with Crippen molar-refractivity contribution in [3.8, 4) is 0 Å². The molecular weight excluding hydrogens is 216 g/mol. The number of hydrogen-bond acceptors (Lipinski definition) is 3. The number of nitrogens with zero attached hydrogens (tertiary/aromatic N) is 2. The summed E-state index contributed by atoms with van der Waals surface area (Å²) in [4.78, 5) is 11.1. The van der Waals surface area contributed by atoms with E-state index in [0.717, 1.165) is 12.2 Å². The normalized spacial score (nSPS) is 10.9. The van der Waals surface area contributed by atoms with Gasteiger partial charge in [-0.15, -0.1) is 0 Å². The molecule has 1 aromatic heterocycles. The first-order valence-corrected chi connectivity index (χ1v) is 6.05. The van der Waals surface area contributed by atoms with Crippen LogP contribution >= 0.6 is 0 Å². The summed E-state index contributed by atoms with van der Waals surface area (Å²) in [6.07, 6.45) is 1.13. The zero-order chi connectivity index (χ0) is 13.0. The molecule has 0 bridgehead atoms. The fourth-order valence-corrected chi connectivity index (χ4v) is 1.95. The van der Waals surface area contributed by atoms with Gasteiger partial charge in [-0.05, 0) is 31.7 Å². The lowest BCUT2D eigenvalue weighted by atomic mass is 10.1. The fourth-order valence-electron chi connectivity index (χ4n) is 1.95. The minimum atomic E-state index is -0.166. The van der Waals surface area contributed by atoms with Gasteiger partial charge in [0.05, 0.1) is 12.8 Å². The molecule has 0 radical (unpaired) electrons. The van der Waals surface area contributed by atoms with Crippen LogP contribution in [-0.2, 0) is 22.5 Å². The zero-order valence-corrected chi connectivity index (χ0v) is 11.4. The quantitative estimate of drug-likeness (QED) is 0.739. The summed E-state index contributed by atoms with van der Waals surface area (Å²) in [5, 5.41) is 4.52. The number of rotatable bonds is 5. The van der Waals surface area contributed by atoms with E-state index in [1.165, 1.54) is 18.4 Å². The first-order chi connectivity index (χ1) is 7.95. The molecule has 1 aromatic rings. The molecule has 0 saturated carbocycles. The van der Waals surface area contributed by atoms with Crippen molar-refractivity contribution in [2.75, 3.05) is 7.11 Å². The molecule has 0 unspecified atom stereocenters. The molecule has 4 nitrogen and oxygen atoms in total. The number of carbonyl (C=O) groups is 1. The minimum absolute atomic E-state index is 0.166. The molecule has 0 spiro atoms. The van der Waals surface area contributed by atoms with Crippen LogP contribution in [0, 0.1) is 19.8 Å². The predicted octanol–water partition coefficient (Wildman–Crippen LogP) is 2.26. The molecule has 17 heavy (non-hydrogen) atoms. The predicted molar refractivity (Wildman–Crippen MR) is 66.9 cm³/mol. The molecule has 1 rings (SSSR count). The van der Waals surface area contributed by atoms with Crippen LogP contribution in [-0.4, -0.2) is 22.9 Å². The summed E-state index contributed by atoms with van der Waals surface area (Å²) in [5.41, 5.74) is 3.36. The van der Waals surface area contributed by atoms with Gasteiger partial charge < -0.3 is 4.74 Å². The molecule has 0 N–H and O–H groups in total. The second-order valence-corrected chi connectivity index (χ2v) is 4.80. The van der Waals surface area contributed by atoms with Gasteiger partial charge in [-0.25, -0.2) is 0 Å². The van der Waals surface area contributed by atoms with Gasteiger partial charge in [-0.3, -0.25) is 9.48 Å². The van der Waals surface area contributed by atoms with Gasteiger partial charge in [-0.2, -0.15) is 5.10 Å². The number of esters is 1. The van der Waals surface area contributed by atoms with Crippen LogP contribution in [0.2, 0.25) is 0 Å². The van der Waals surface area contributed by atoms with E-state index >= 15 is 0 Å². The van der Waals surface area contributed by atoms with E-state index in [1.54, 1.807) is 0 Å². The third-order valence-corrected chi connectivity index (χ3v) is 2.88. The van der Waals surface area contributed by atoms with Crippen molar-refractivity contribution in [1.29, 1.82) is 0 Å². The first-order valence-electron chi connectivity index (χ1n) is 6.05. The van der Waals surface area contributed by atoms with Crippen LogP contribution in [0.4, 0.5) is 0 Å². The second-order valence-electron chi connectivity index (χ2n) is 4.80. The number of carbonyl (C=O) groups excluding carboxylic acids is 1. The highest BCUT2D eigenvalue weighted by molar-refractivity contribution is 5.69. The van der Waals surface area contributed by atoms with Gasteiger partial charge in [0.2, 0.25) is 0 Å². The Kier molecular flexibility index (Phi) is 4.73. The maximum absolute atomic E-state index is 11.1. The lowest BCUT2D eigenvalue weighted by Gasteiger charge is -2.07. The van der Waals surface area contributed by atoms with Crippen molar-refractivity contribution in [2.45, 2.75) is 47.1 Å². The van der Waals surface area contributed by atoms with E-state index in [4.69, 9.17) is 0 Å². The minimum Gasteiger partial charge on any atom is -0.469 e. The molecule has 0 aromatic carbocycles. The Morgan fingerprint density at radius 1 is 1.41 bits per heavy atom. The number of aromatic nitrogens is 2. The van der Waals surface area contributed by atoms with Crippen LogP contribution in [0.15, 0.2) is 0 Å². The maximum atomic E-state index is 11.1. The molecular formula is C13H22N2O2. The molecule has 0 saturated heterocycles. The monoisotopic (exact) mass is 238 g/mol. The Morgan fingerprint density at radius 3 is 2.59 bits per heavy atom.